The van der Waals surface area contributed by atoms with Crippen LogP contribution in [0.25, 0.3) is 5.95 Å². The summed E-state index contributed by atoms with van der Waals surface area (Å²) >= 11 is 7.20. The second kappa shape index (κ2) is 5.43. The van der Waals surface area contributed by atoms with Crippen LogP contribution in [0.3, 0.4) is 0 Å². The quantitative estimate of drug-likeness (QED) is 0.788. The Morgan fingerprint density at radius 3 is 2.60 bits per heavy atom. The molecule has 2 heterocycles. The smallest absolute Gasteiger partial charge is 0.257 e. The van der Waals surface area contributed by atoms with Crippen molar-refractivity contribution in [3.8, 4) is 5.95 Å². The Labute approximate surface area is 123 Å². The topological polar surface area (TPSA) is 95.4 Å². The Morgan fingerprint density at radius 1 is 1.10 bits per heavy atom. The summed E-state index contributed by atoms with van der Waals surface area (Å²) in [4.78, 5) is 17.2. The predicted molar refractivity (Wildman–Crippen MR) is 74.7 cm³/mol. The van der Waals surface area contributed by atoms with Crippen molar-refractivity contribution < 1.29 is 0 Å². The van der Waals surface area contributed by atoms with Gasteiger partial charge in [-0.1, -0.05) is 11.6 Å². The third-order valence-electron chi connectivity index (χ3n) is 2.27. The number of nitrogens with zero attached hydrogens (tertiary/aromatic N) is 6. The number of nitrogens with two attached hydrogens (primary N) is 1. The molecule has 0 spiro atoms. The van der Waals surface area contributed by atoms with Crippen LogP contribution in [0.2, 0.25) is 5.02 Å². The molecule has 20 heavy (non-hydrogen) atoms. The second-order valence-corrected chi connectivity index (χ2v) is 5.15. The van der Waals surface area contributed by atoms with Crippen LogP contribution in [-0.4, -0.2) is 29.7 Å². The van der Waals surface area contributed by atoms with E-state index in [2.05, 4.69) is 25.0 Å². The van der Waals surface area contributed by atoms with Gasteiger partial charge in [-0.3, -0.25) is 0 Å². The summed E-state index contributed by atoms with van der Waals surface area (Å²) < 4.78 is 1.42. The predicted octanol–water partition coefficient (Wildman–Crippen LogP) is 1.84. The number of rotatable bonds is 3. The Bertz CT molecular complexity index is 714. The first-order chi connectivity index (χ1) is 9.70. The molecular weight excluding hydrogens is 298 g/mol. The first-order valence-corrected chi connectivity index (χ1v) is 6.70. The Kier molecular flexibility index (Phi) is 3.48. The van der Waals surface area contributed by atoms with E-state index >= 15 is 0 Å². The van der Waals surface area contributed by atoms with Gasteiger partial charge in [-0.25, -0.2) is 4.98 Å². The van der Waals surface area contributed by atoms with Crippen molar-refractivity contribution in [2.75, 3.05) is 5.73 Å². The Balaban J connectivity index is 1.92. The van der Waals surface area contributed by atoms with E-state index in [-0.39, 0.29) is 5.95 Å². The van der Waals surface area contributed by atoms with Crippen molar-refractivity contribution >= 4 is 29.3 Å². The van der Waals surface area contributed by atoms with Crippen molar-refractivity contribution in [2.45, 2.75) is 10.1 Å². The molecule has 0 saturated carbocycles. The van der Waals surface area contributed by atoms with Gasteiger partial charge in [0.15, 0.2) is 5.16 Å². The molecule has 0 aliphatic rings. The number of benzene rings is 1. The highest BCUT2D eigenvalue weighted by Gasteiger charge is 2.08. The minimum Gasteiger partial charge on any atom is -0.368 e. The average Bonchev–Trinajstić information content (AvgIpc) is 2.95. The summed E-state index contributed by atoms with van der Waals surface area (Å²) in [6.07, 6.45) is 2.89. The van der Waals surface area contributed by atoms with Crippen molar-refractivity contribution in [3.05, 3.63) is 41.9 Å². The van der Waals surface area contributed by atoms with Crippen LogP contribution in [-0.2, 0) is 0 Å². The molecule has 0 atom stereocenters. The Hall–Kier alpha value is -2.19. The van der Waals surface area contributed by atoms with Gasteiger partial charge in [-0.15, -0.1) is 0 Å². The van der Waals surface area contributed by atoms with Crippen LogP contribution in [0.5, 0.6) is 0 Å². The lowest BCUT2D eigenvalue weighted by molar-refractivity contribution is 0.763. The van der Waals surface area contributed by atoms with E-state index in [4.69, 9.17) is 17.3 Å². The lowest BCUT2D eigenvalue weighted by Crippen LogP contribution is -2.07. The van der Waals surface area contributed by atoms with Crippen molar-refractivity contribution in [2.24, 2.45) is 0 Å². The number of hydrogen-bond acceptors (Lipinski definition) is 7. The Morgan fingerprint density at radius 2 is 1.90 bits per heavy atom. The molecule has 100 valence electrons. The van der Waals surface area contributed by atoms with E-state index in [0.717, 1.165) is 4.90 Å². The first kappa shape index (κ1) is 12.8. The first-order valence-electron chi connectivity index (χ1n) is 5.51. The summed E-state index contributed by atoms with van der Waals surface area (Å²) in [5.41, 5.74) is 5.69. The highest BCUT2D eigenvalue weighted by molar-refractivity contribution is 7.99. The highest BCUT2D eigenvalue weighted by atomic mass is 35.5. The summed E-state index contributed by atoms with van der Waals surface area (Å²) in [5.74, 6) is 0.452. The summed E-state index contributed by atoms with van der Waals surface area (Å²) in [6.45, 7) is 0. The number of nitrogen functional groups attached to an aromatic ring is 1. The van der Waals surface area contributed by atoms with Gasteiger partial charge in [0, 0.05) is 9.92 Å². The molecule has 0 amide bonds. The molecule has 2 N–H and O–H groups in total. The molecule has 0 fully saturated rings. The zero-order chi connectivity index (χ0) is 13.9. The molecule has 0 aliphatic heterocycles. The van der Waals surface area contributed by atoms with E-state index in [0.29, 0.717) is 16.1 Å². The van der Waals surface area contributed by atoms with Crippen molar-refractivity contribution in [1.82, 2.24) is 29.7 Å². The SMILES string of the molecule is Nc1nc(Sc2ccc(Cl)cc2)nc(-n2cncn2)n1. The van der Waals surface area contributed by atoms with Crippen LogP contribution in [0.15, 0.2) is 47.0 Å². The zero-order valence-electron chi connectivity index (χ0n) is 10.0. The third kappa shape index (κ3) is 2.86. The fraction of sp³-hybridized carbons (Fsp3) is 0. The van der Waals surface area contributed by atoms with E-state index in [1.165, 1.54) is 29.1 Å². The van der Waals surface area contributed by atoms with Crippen LogP contribution < -0.4 is 5.73 Å². The maximum absolute atomic E-state index is 5.84. The molecule has 3 aromatic rings. The van der Waals surface area contributed by atoms with Gasteiger partial charge in [-0.05, 0) is 36.0 Å². The molecule has 0 unspecified atom stereocenters. The molecule has 0 radical (unpaired) electrons. The van der Waals surface area contributed by atoms with Gasteiger partial charge < -0.3 is 5.73 Å². The third-order valence-corrected chi connectivity index (χ3v) is 3.39. The van der Waals surface area contributed by atoms with Gasteiger partial charge in [0.2, 0.25) is 5.95 Å². The summed E-state index contributed by atoms with van der Waals surface area (Å²) in [7, 11) is 0. The molecule has 0 saturated heterocycles. The molecule has 0 aliphatic carbocycles. The average molecular weight is 306 g/mol. The summed E-state index contributed by atoms with van der Waals surface area (Å²) in [5, 5.41) is 5.11. The van der Waals surface area contributed by atoms with E-state index in [1.807, 2.05) is 12.1 Å². The molecule has 3 rings (SSSR count). The molecule has 9 heteroatoms. The molecule has 0 bridgehead atoms. The van der Waals surface area contributed by atoms with Crippen molar-refractivity contribution in [1.29, 1.82) is 0 Å². The maximum Gasteiger partial charge on any atom is 0.257 e. The fourth-order valence-corrected chi connectivity index (χ4v) is 2.30. The largest absolute Gasteiger partial charge is 0.368 e. The highest BCUT2D eigenvalue weighted by Crippen LogP contribution is 2.26. The van der Waals surface area contributed by atoms with Gasteiger partial charge in [0.25, 0.3) is 5.95 Å². The van der Waals surface area contributed by atoms with E-state index < -0.39 is 0 Å². The number of halogens is 1. The van der Waals surface area contributed by atoms with Crippen LogP contribution in [0, 0.1) is 0 Å². The molecule has 7 nitrogen and oxygen atoms in total. The minimum absolute atomic E-state index is 0.127. The number of anilines is 1. The van der Waals surface area contributed by atoms with Gasteiger partial charge in [-0.2, -0.15) is 24.7 Å². The normalized spacial score (nSPS) is 10.7. The van der Waals surface area contributed by atoms with Gasteiger partial charge in [0.1, 0.15) is 12.7 Å². The lowest BCUT2D eigenvalue weighted by atomic mass is 10.4. The van der Waals surface area contributed by atoms with E-state index in [1.54, 1.807) is 12.1 Å². The molecular formula is C11H8ClN7S. The van der Waals surface area contributed by atoms with Crippen LogP contribution in [0.1, 0.15) is 0 Å². The lowest BCUT2D eigenvalue weighted by Gasteiger charge is -2.04. The zero-order valence-corrected chi connectivity index (χ0v) is 11.6. The van der Waals surface area contributed by atoms with Crippen LogP contribution >= 0.6 is 23.4 Å². The van der Waals surface area contributed by atoms with Gasteiger partial charge >= 0.3 is 0 Å². The standard InChI is InChI=1S/C11H8ClN7S/c12-7-1-3-8(4-2-7)20-11-17-9(13)16-10(18-11)19-6-14-5-15-19/h1-6H,(H2,13,16,17,18). The maximum atomic E-state index is 5.84. The monoisotopic (exact) mass is 305 g/mol. The molecule has 2 aromatic heterocycles. The number of hydrogen-bond donors (Lipinski definition) is 1. The minimum atomic E-state index is 0.127. The van der Waals surface area contributed by atoms with E-state index in [9.17, 15) is 0 Å². The number of aromatic nitrogens is 6. The van der Waals surface area contributed by atoms with Crippen molar-refractivity contribution in [3.63, 3.8) is 0 Å². The second-order valence-electron chi connectivity index (χ2n) is 3.67. The van der Waals surface area contributed by atoms with Gasteiger partial charge in [0.05, 0.1) is 0 Å². The summed E-state index contributed by atoms with van der Waals surface area (Å²) in [6, 6.07) is 7.35. The fourth-order valence-electron chi connectivity index (χ4n) is 1.43. The van der Waals surface area contributed by atoms with Crippen LogP contribution in [0.4, 0.5) is 5.95 Å². The molecule has 1 aromatic carbocycles.